The van der Waals surface area contributed by atoms with Gasteiger partial charge in [0.15, 0.2) is 0 Å². The van der Waals surface area contributed by atoms with Gasteiger partial charge >= 0.3 is 0 Å². The van der Waals surface area contributed by atoms with Gasteiger partial charge in [0, 0.05) is 11.1 Å². The Morgan fingerprint density at radius 1 is 1.31 bits per heavy atom. The van der Waals surface area contributed by atoms with Gasteiger partial charge in [0.1, 0.15) is 5.82 Å². The van der Waals surface area contributed by atoms with Gasteiger partial charge in [-0.15, -0.1) is 0 Å². The summed E-state index contributed by atoms with van der Waals surface area (Å²) in [5.74, 6) is 0.333. The van der Waals surface area contributed by atoms with Crippen molar-refractivity contribution in [3.63, 3.8) is 0 Å². The molecule has 1 aromatic carbocycles. The van der Waals surface area contributed by atoms with Crippen LogP contribution in [0.4, 0.5) is 4.39 Å². The zero-order chi connectivity index (χ0) is 12.2. The van der Waals surface area contributed by atoms with E-state index in [0.29, 0.717) is 11.5 Å². The van der Waals surface area contributed by atoms with Gasteiger partial charge in [-0.3, -0.25) is 0 Å². The molecule has 0 aliphatic rings. The minimum atomic E-state index is -0.527. The normalized spacial score (nSPS) is 16.8. The van der Waals surface area contributed by atoms with Gasteiger partial charge in [-0.1, -0.05) is 45.4 Å². The Morgan fingerprint density at radius 3 is 2.44 bits per heavy atom. The number of rotatable bonds is 5. The van der Waals surface area contributed by atoms with E-state index in [1.54, 1.807) is 12.1 Å². The first-order valence-corrected chi connectivity index (χ1v) is 6.07. The molecule has 0 heterocycles. The first-order chi connectivity index (χ1) is 7.53. The fourth-order valence-corrected chi connectivity index (χ4v) is 2.08. The van der Waals surface area contributed by atoms with Crippen molar-refractivity contribution >= 4 is 0 Å². The molecule has 16 heavy (non-hydrogen) atoms. The Labute approximate surface area is 97.9 Å². The lowest BCUT2D eigenvalue weighted by molar-refractivity contribution is 0.310. The molecule has 1 rings (SSSR count). The van der Waals surface area contributed by atoms with Crippen LogP contribution in [-0.2, 0) is 5.54 Å². The predicted molar refractivity (Wildman–Crippen MR) is 66.6 cm³/mol. The maximum Gasteiger partial charge on any atom is 0.128 e. The average Bonchev–Trinajstić information content (AvgIpc) is 2.29. The maximum absolute atomic E-state index is 13.7. The number of hydrogen-bond donors (Lipinski definition) is 1. The summed E-state index contributed by atoms with van der Waals surface area (Å²) < 4.78 is 13.7. The van der Waals surface area contributed by atoms with Crippen LogP contribution in [0.2, 0.25) is 0 Å². The minimum absolute atomic E-state index is 0.185. The molecular weight excluding hydrogens is 201 g/mol. The second kappa shape index (κ2) is 5.44. The van der Waals surface area contributed by atoms with Gasteiger partial charge in [0.25, 0.3) is 0 Å². The minimum Gasteiger partial charge on any atom is -0.321 e. The van der Waals surface area contributed by atoms with Crippen molar-refractivity contribution < 1.29 is 4.39 Å². The smallest absolute Gasteiger partial charge is 0.128 e. The van der Waals surface area contributed by atoms with Crippen molar-refractivity contribution in [1.29, 1.82) is 0 Å². The number of benzene rings is 1. The summed E-state index contributed by atoms with van der Waals surface area (Å²) >= 11 is 0. The molecule has 2 atom stereocenters. The van der Waals surface area contributed by atoms with Crippen LogP contribution in [0.25, 0.3) is 0 Å². The number of halogens is 1. The van der Waals surface area contributed by atoms with Crippen LogP contribution in [0.3, 0.4) is 0 Å². The molecule has 0 saturated heterocycles. The van der Waals surface area contributed by atoms with Gasteiger partial charge in [0.2, 0.25) is 0 Å². The topological polar surface area (TPSA) is 26.0 Å². The van der Waals surface area contributed by atoms with E-state index in [-0.39, 0.29) is 5.82 Å². The molecule has 0 fully saturated rings. The monoisotopic (exact) mass is 223 g/mol. The molecule has 2 unspecified atom stereocenters. The lowest BCUT2D eigenvalue weighted by atomic mass is 9.80. The molecule has 0 aromatic heterocycles. The summed E-state index contributed by atoms with van der Waals surface area (Å²) in [5, 5.41) is 0. The summed E-state index contributed by atoms with van der Waals surface area (Å²) in [6, 6.07) is 6.86. The Kier molecular flexibility index (Phi) is 4.48. The van der Waals surface area contributed by atoms with Gasteiger partial charge in [-0.2, -0.15) is 0 Å². The van der Waals surface area contributed by atoms with E-state index in [1.807, 2.05) is 13.0 Å². The Balaban J connectivity index is 3.00. The fourth-order valence-electron chi connectivity index (χ4n) is 2.08. The molecule has 0 amide bonds. The van der Waals surface area contributed by atoms with Crippen LogP contribution in [0.1, 0.15) is 45.6 Å². The zero-order valence-electron chi connectivity index (χ0n) is 10.5. The summed E-state index contributed by atoms with van der Waals surface area (Å²) in [6.45, 7) is 6.33. The van der Waals surface area contributed by atoms with E-state index >= 15 is 0 Å². The first kappa shape index (κ1) is 13.2. The first-order valence-electron chi connectivity index (χ1n) is 6.07. The highest BCUT2D eigenvalue weighted by Gasteiger charge is 2.29. The lowest BCUT2D eigenvalue weighted by Gasteiger charge is -2.31. The summed E-state index contributed by atoms with van der Waals surface area (Å²) in [6.07, 6.45) is 2.67. The zero-order valence-corrected chi connectivity index (χ0v) is 10.5. The second-order valence-corrected chi connectivity index (χ2v) is 4.71. The quantitative estimate of drug-likeness (QED) is 0.806. The molecule has 2 heteroatoms. The molecule has 1 nitrogen and oxygen atoms in total. The van der Waals surface area contributed by atoms with E-state index in [1.165, 1.54) is 6.07 Å². The summed E-state index contributed by atoms with van der Waals surface area (Å²) in [5.41, 5.74) is 6.48. The van der Waals surface area contributed by atoms with Crippen LogP contribution in [0.15, 0.2) is 24.3 Å². The van der Waals surface area contributed by atoms with Crippen LogP contribution in [0.5, 0.6) is 0 Å². The summed E-state index contributed by atoms with van der Waals surface area (Å²) in [4.78, 5) is 0. The van der Waals surface area contributed by atoms with Crippen molar-refractivity contribution in [3.05, 3.63) is 35.6 Å². The Bertz CT molecular complexity index is 337. The predicted octanol–water partition coefficient (Wildman–Crippen LogP) is 3.83. The Morgan fingerprint density at radius 2 is 1.94 bits per heavy atom. The highest BCUT2D eigenvalue weighted by Crippen LogP contribution is 2.31. The molecule has 0 saturated carbocycles. The van der Waals surface area contributed by atoms with Crippen LogP contribution in [-0.4, -0.2) is 0 Å². The highest BCUT2D eigenvalue weighted by molar-refractivity contribution is 5.25. The third kappa shape index (κ3) is 2.82. The van der Waals surface area contributed by atoms with Gasteiger partial charge < -0.3 is 5.73 Å². The van der Waals surface area contributed by atoms with Crippen molar-refractivity contribution in [2.24, 2.45) is 11.7 Å². The molecule has 90 valence electrons. The third-order valence-electron chi connectivity index (χ3n) is 3.45. The molecule has 0 spiro atoms. The maximum atomic E-state index is 13.7. The standard InChI is InChI=1S/C14H22FN/c1-4-11(3)10-14(16,5-2)12-8-6-7-9-13(12)15/h6-9,11H,4-5,10,16H2,1-3H3. The van der Waals surface area contributed by atoms with E-state index in [4.69, 9.17) is 5.73 Å². The lowest BCUT2D eigenvalue weighted by Crippen LogP contribution is -2.38. The fraction of sp³-hybridized carbons (Fsp3) is 0.571. The van der Waals surface area contributed by atoms with Crippen molar-refractivity contribution in [1.82, 2.24) is 0 Å². The van der Waals surface area contributed by atoms with Gasteiger partial charge in [0.05, 0.1) is 0 Å². The molecule has 0 aliphatic carbocycles. The van der Waals surface area contributed by atoms with E-state index in [9.17, 15) is 4.39 Å². The third-order valence-corrected chi connectivity index (χ3v) is 3.45. The molecule has 0 bridgehead atoms. The molecule has 1 aromatic rings. The molecule has 2 N–H and O–H groups in total. The average molecular weight is 223 g/mol. The van der Waals surface area contributed by atoms with E-state index in [0.717, 1.165) is 19.3 Å². The second-order valence-electron chi connectivity index (χ2n) is 4.71. The molecule has 0 radical (unpaired) electrons. The SMILES string of the molecule is CCC(C)CC(N)(CC)c1ccccc1F. The van der Waals surface area contributed by atoms with Crippen molar-refractivity contribution in [3.8, 4) is 0 Å². The largest absolute Gasteiger partial charge is 0.321 e. The highest BCUT2D eigenvalue weighted by atomic mass is 19.1. The van der Waals surface area contributed by atoms with Gasteiger partial charge in [-0.25, -0.2) is 4.39 Å². The van der Waals surface area contributed by atoms with E-state index < -0.39 is 5.54 Å². The van der Waals surface area contributed by atoms with Crippen molar-refractivity contribution in [2.45, 2.75) is 45.6 Å². The van der Waals surface area contributed by atoms with Crippen LogP contribution >= 0.6 is 0 Å². The number of hydrogen-bond acceptors (Lipinski definition) is 1. The van der Waals surface area contributed by atoms with Crippen LogP contribution in [0, 0.1) is 11.7 Å². The van der Waals surface area contributed by atoms with Crippen LogP contribution < -0.4 is 5.73 Å². The Hall–Kier alpha value is -0.890. The number of nitrogens with two attached hydrogens (primary N) is 1. The van der Waals surface area contributed by atoms with E-state index in [2.05, 4.69) is 13.8 Å². The molecule has 0 aliphatic heterocycles. The van der Waals surface area contributed by atoms with Gasteiger partial charge in [-0.05, 0) is 24.8 Å². The van der Waals surface area contributed by atoms with Crippen molar-refractivity contribution in [2.75, 3.05) is 0 Å². The summed E-state index contributed by atoms with van der Waals surface area (Å²) in [7, 11) is 0. The molecular formula is C14H22FN.